The van der Waals surface area contributed by atoms with Crippen molar-refractivity contribution in [1.82, 2.24) is 4.90 Å². The van der Waals surface area contributed by atoms with Crippen LogP contribution in [0.4, 0.5) is 0 Å². The molecular weight excluding hydrogens is 258 g/mol. The van der Waals surface area contributed by atoms with Crippen molar-refractivity contribution in [2.24, 2.45) is 0 Å². The number of amides is 1. The van der Waals surface area contributed by atoms with Crippen LogP contribution in [0.1, 0.15) is 37.0 Å². The van der Waals surface area contributed by atoms with Crippen molar-refractivity contribution in [1.29, 1.82) is 0 Å². The van der Waals surface area contributed by atoms with E-state index in [-0.39, 0.29) is 5.91 Å². The van der Waals surface area contributed by atoms with E-state index in [0.29, 0.717) is 17.9 Å². The third-order valence-electron chi connectivity index (χ3n) is 2.89. The van der Waals surface area contributed by atoms with Gasteiger partial charge in [0.2, 0.25) is 0 Å². The van der Waals surface area contributed by atoms with Crippen LogP contribution in [0.25, 0.3) is 0 Å². The molecule has 0 bridgehead atoms. The highest BCUT2D eigenvalue weighted by Gasteiger charge is 2.14. The standard InChI is InChI=1S/C15H21NO4/c1-3-5-9-16(4-2)15(19)12-7-6-8-13(10-12)20-11-14(17)18/h6-8,10H,3-5,9,11H2,1-2H3,(H,17,18). The number of hydrogen-bond acceptors (Lipinski definition) is 3. The number of rotatable bonds is 8. The second-order valence-electron chi connectivity index (χ2n) is 4.45. The van der Waals surface area contributed by atoms with E-state index in [1.807, 2.05) is 6.92 Å². The average Bonchev–Trinajstić information content (AvgIpc) is 2.46. The number of unbranched alkanes of at least 4 members (excludes halogenated alkanes) is 1. The summed E-state index contributed by atoms with van der Waals surface area (Å²) >= 11 is 0. The Morgan fingerprint density at radius 1 is 1.30 bits per heavy atom. The number of carbonyl (C=O) groups is 2. The van der Waals surface area contributed by atoms with Crippen LogP contribution in [-0.2, 0) is 4.79 Å². The predicted molar refractivity (Wildman–Crippen MR) is 76.1 cm³/mol. The molecule has 0 radical (unpaired) electrons. The molecule has 0 atom stereocenters. The van der Waals surface area contributed by atoms with Gasteiger partial charge in [-0.15, -0.1) is 0 Å². The van der Waals surface area contributed by atoms with Gasteiger partial charge < -0.3 is 14.7 Å². The molecule has 0 aliphatic carbocycles. The number of carbonyl (C=O) groups excluding carboxylic acids is 1. The molecular formula is C15H21NO4. The summed E-state index contributed by atoms with van der Waals surface area (Å²) in [6.07, 6.45) is 2.00. The molecule has 0 fully saturated rings. The van der Waals surface area contributed by atoms with E-state index in [4.69, 9.17) is 9.84 Å². The average molecular weight is 279 g/mol. The largest absolute Gasteiger partial charge is 0.482 e. The van der Waals surface area contributed by atoms with Gasteiger partial charge in [-0.05, 0) is 31.5 Å². The van der Waals surface area contributed by atoms with Gasteiger partial charge in [0, 0.05) is 18.7 Å². The summed E-state index contributed by atoms with van der Waals surface area (Å²) < 4.78 is 5.08. The minimum Gasteiger partial charge on any atom is -0.482 e. The molecule has 1 aromatic rings. The SMILES string of the molecule is CCCCN(CC)C(=O)c1cccc(OCC(=O)O)c1. The highest BCUT2D eigenvalue weighted by molar-refractivity contribution is 5.94. The van der Waals surface area contributed by atoms with Crippen LogP contribution in [-0.4, -0.2) is 41.6 Å². The first kappa shape index (κ1) is 16.0. The molecule has 5 heteroatoms. The molecule has 0 spiro atoms. The van der Waals surface area contributed by atoms with Crippen molar-refractivity contribution in [3.05, 3.63) is 29.8 Å². The van der Waals surface area contributed by atoms with Gasteiger partial charge in [0.1, 0.15) is 5.75 Å². The van der Waals surface area contributed by atoms with Crippen LogP contribution >= 0.6 is 0 Å². The van der Waals surface area contributed by atoms with Gasteiger partial charge in [0.25, 0.3) is 5.91 Å². The fraction of sp³-hybridized carbons (Fsp3) is 0.467. The Hall–Kier alpha value is -2.04. The van der Waals surface area contributed by atoms with E-state index in [2.05, 4.69) is 6.92 Å². The van der Waals surface area contributed by atoms with Crippen LogP contribution in [0.2, 0.25) is 0 Å². The molecule has 0 aliphatic heterocycles. The molecule has 1 aromatic carbocycles. The highest BCUT2D eigenvalue weighted by atomic mass is 16.5. The summed E-state index contributed by atoms with van der Waals surface area (Å²) in [4.78, 5) is 24.6. The van der Waals surface area contributed by atoms with Crippen molar-refractivity contribution in [2.75, 3.05) is 19.7 Å². The minimum atomic E-state index is -1.04. The number of carboxylic acid groups (broad SMARTS) is 1. The third kappa shape index (κ3) is 4.91. The maximum absolute atomic E-state index is 12.3. The lowest BCUT2D eigenvalue weighted by Gasteiger charge is -2.20. The Morgan fingerprint density at radius 2 is 2.05 bits per heavy atom. The molecule has 0 aromatic heterocycles. The van der Waals surface area contributed by atoms with Gasteiger partial charge in [-0.2, -0.15) is 0 Å². The van der Waals surface area contributed by atoms with Crippen molar-refractivity contribution >= 4 is 11.9 Å². The Morgan fingerprint density at radius 3 is 2.65 bits per heavy atom. The normalized spacial score (nSPS) is 10.1. The van der Waals surface area contributed by atoms with Gasteiger partial charge in [0.05, 0.1) is 0 Å². The van der Waals surface area contributed by atoms with Crippen molar-refractivity contribution < 1.29 is 19.4 Å². The van der Waals surface area contributed by atoms with Crippen LogP contribution < -0.4 is 4.74 Å². The first-order valence-corrected chi connectivity index (χ1v) is 6.82. The first-order valence-electron chi connectivity index (χ1n) is 6.82. The maximum atomic E-state index is 12.3. The fourth-order valence-electron chi connectivity index (χ4n) is 1.80. The Bertz CT molecular complexity index is 459. The predicted octanol–water partition coefficient (Wildman–Crippen LogP) is 2.41. The molecule has 1 rings (SSSR count). The summed E-state index contributed by atoms with van der Waals surface area (Å²) in [5, 5.41) is 8.58. The van der Waals surface area contributed by atoms with Crippen molar-refractivity contribution in [2.45, 2.75) is 26.7 Å². The van der Waals surface area contributed by atoms with Crippen molar-refractivity contribution in [3.8, 4) is 5.75 Å². The number of benzene rings is 1. The zero-order chi connectivity index (χ0) is 15.0. The second-order valence-corrected chi connectivity index (χ2v) is 4.45. The molecule has 5 nitrogen and oxygen atoms in total. The van der Waals surface area contributed by atoms with Crippen LogP contribution in [0.3, 0.4) is 0 Å². The monoisotopic (exact) mass is 279 g/mol. The minimum absolute atomic E-state index is 0.0540. The molecule has 1 N–H and O–H groups in total. The van der Waals surface area contributed by atoms with E-state index in [1.54, 1.807) is 29.2 Å². The summed E-state index contributed by atoms with van der Waals surface area (Å²) in [6.45, 7) is 4.99. The summed E-state index contributed by atoms with van der Waals surface area (Å²) in [7, 11) is 0. The van der Waals surface area contributed by atoms with Crippen molar-refractivity contribution in [3.63, 3.8) is 0 Å². The number of aliphatic carboxylic acids is 1. The van der Waals surface area contributed by atoms with E-state index >= 15 is 0 Å². The molecule has 0 saturated heterocycles. The number of ether oxygens (including phenoxy) is 1. The highest BCUT2D eigenvalue weighted by Crippen LogP contribution is 2.15. The summed E-state index contributed by atoms with van der Waals surface area (Å²) in [6, 6.07) is 6.63. The smallest absolute Gasteiger partial charge is 0.341 e. The quantitative estimate of drug-likeness (QED) is 0.793. The lowest BCUT2D eigenvalue weighted by Crippen LogP contribution is -2.31. The number of nitrogens with zero attached hydrogens (tertiary/aromatic N) is 1. The van der Waals surface area contributed by atoms with E-state index in [0.717, 1.165) is 19.4 Å². The molecule has 20 heavy (non-hydrogen) atoms. The lowest BCUT2D eigenvalue weighted by atomic mass is 10.1. The van der Waals surface area contributed by atoms with Crippen LogP contribution in [0, 0.1) is 0 Å². The molecule has 0 heterocycles. The van der Waals surface area contributed by atoms with E-state index < -0.39 is 12.6 Å². The third-order valence-corrected chi connectivity index (χ3v) is 2.89. The Kier molecular flexibility index (Phi) is 6.56. The van der Waals surface area contributed by atoms with Gasteiger partial charge in [-0.1, -0.05) is 19.4 Å². The lowest BCUT2D eigenvalue weighted by molar-refractivity contribution is -0.139. The van der Waals surface area contributed by atoms with E-state index in [1.165, 1.54) is 0 Å². The molecule has 0 saturated carbocycles. The zero-order valence-electron chi connectivity index (χ0n) is 12.0. The van der Waals surface area contributed by atoms with Gasteiger partial charge in [0.15, 0.2) is 6.61 Å². The van der Waals surface area contributed by atoms with Gasteiger partial charge in [-0.3, -0.25) is 4.79 Å². The first-order chi connectivity index (χ1) is 9.58. The zero-order valence-corrected chi connectivity index (χ0v) is 12.0. The fourth-order valence-corrected chi connectivity index (χ4v) is 1.80. The molecule has 0 unspecified atom stereocenters. The molecule has 1 amide bonds. The number of carboxylic acids is 1. The Labute approximate surface area is 119 Å². The number of hydrogen-bond donors (Lipinski definition) is 1. The molecule has 0 aliphatic rings. The summed E-state index contributed by atoms with van der Waals surface area (Å²) in [5.41, 5.74) is 0.519. The van der Waals surface area contributed by atoms with Crippen LogP contribution in [0.5, 0.6) is 5.75 Å². The maximum Gasteiger partial charge on any atom is 0.341 e. The van der Waals surface area contributed by atoms with Gasteiger partial charge >= 0.3 is 5.97 Å². The van der Waals surface area contributed by atoms with Crippen LogP contribution in [0.15, 0.2) is 24.3 Å². The summed E-state index contributed by atoms with van der Waals surface area (Å²) in [5.74, 6) is -0.702. The second kappa shape index (κ2) is 8.19. The van der Waals surface area contributed by atoms with Gasteiger partial charge in [-0.25, -0.2) is 4.79 Å². The Balaban J connectivity index is 2.76. The van der Waals surface area contributed by atoms with E-state index in [9.17, 15) is 9.59 Å². The molecule has 110 valence electrons. The topological polar surface area (TPSA) is 66.8 Å².